The molecule has 1 unspecified atom stereocenters. The number of carbonyl (C=O) groups excluding carboxylic acids is 1. The quantitative estimate of drug-likeness (QED) is 0.508. The number of nitrogens with zero attached hydrogens (tertiary/aromatic N) is 2. The number of nitrogens with one attached hydrogen (secondary N) is 1. The van der Waals surface area contributed by atoms with E-state index in [4.69, 9.17) is 0 Å². The van der Waals surface area contributed by atoms with Gasteiger partial charge in [0.05, 0.1) is 12.4 Å². The van der Waals surface area contributed by atoms with Gasteiger partial charge in [-0.2, -0.15) is 0 Å². The highest BCUT2D eigenvalue weighted by Crippen LogP contribution is 2.13. The molecular formula is C20H26IN3O3. The Morgan fingerprint density at radius 2 is 2.04 bits per heavy atom. The van der Waals surface area contributed by atoms with Crippen molar-refractivity contribution in [3.63, 3.8) is 0 Å². The van der Waals surface area contributed by atoms with E-state index >= 15 is 0 Å². The van der Waals surface area contributed by atoms with E-state index in [1.807, 2.05) is 36.6 Å². The number of carboxylic acid groups (broad SMARTS) is 1. The van der Waals surface area contributed by atoms with Crippen molar-refractivity contribution in [1.82, 2.24) is 14.9 Å². The maximum Gasteiger partial charge on any atom is 0.321 e. The third-order valence-corrected chi connectivity index (χ3v) is 5.02. The molecule has 0 aliphatic heterocycles. The smallest absolute Gasteiger partial charge is 0.321 e. The minimum absolute atomic E-state index is 0.0395. The van der Waals surface area contributed by atoms with E-state index in [0.717, 1.165) is 14.8 Å². The van der Waals surface area contributed by atoms with Crippen molar-refractivity contribution < 1.29 is 14.7 Å². The number of benzene rings is 1. The summed E-state index contributed by atoms with van der Waals surface area (Å²) in [6.07, 6.45) is 4.28. The minimum atomic E-state index is -0.966. The maximum atomic E-state index is 11.9. The van der Waals surface area contributed by atoms with Crippen LogP contribution in [-0.2, 0) is 22.6 Å². The Kier molecular flexibility index (Phi) is 7.97. The number of Topliss-reactive ketones (excluding diaryl/α,β-unsaturated/α-hetero) is 1. The van der Waals surface area contributed by atoms with Crippen molar-refractivity contribution >= 4 is 34.3 Å². The lowest BCUT2D eigenvalue weighted by atomic mass is 9.99. The second-order valence-corrected chi connectivity index (χ2v) is 8.44. The number of rotatable bonds is 10. The van der Waals surface area contributed by atoms with Crippen LogP contribution in [0.5, 0.6) is 0 Å². The molecule has 0 amide bonds. The Bertz CT molecular complexity index is 788. The molecule has 0 aliphatic carbocycles. The lowest BCUT2D eigenvalue weighted by molar-refractivity contribution is -0.139. The molecule has 1 aromatic carbocycles. The number of hydrogen-bond donors (Lipinski definition) is 2. The van der Waals surface area contributed by atoms with Crippen LogP contribution in [0.2, 0.25) is 0 Å². The molecule has 0 bridgehead atoms. The third-order valence-electron chi connectivity index (χ3n) is 4.35. The molecule has 0 saturated heterocycles. The van der Waals surface area contributed by atoms with E-state index in [1.165, 1.54) is 6.92 Å². The van der Waals surface area contributed by atoms with Gasteiger partial charge in [0.1, 0.15) is 11.8 Å². The van der Waals surface area contributed by atoms with Crippen LogP contribution in [0.3, 0.4) is 0 Å². The van der Waals surface area contributed by atoms with Gasteiger partial charge in [-0.05, 0) is 59.5 Å². The van der Waals surface area contributed by atoms with Crippen LogP contribution in [0, 0.1) is 9.49 Å². The molecule has 1 heterocycles. The Labute approximate surface area is 173 Å². The Hall–Kier alpha value is -1.74. The topological polar surface area (TPSA) is 84.2 Å². The highest BCUT2D eigenvalue weighted by atomic mass is 127. The van der Waals surface area contributed by atoms with Crippen molar-refractivity contribution in [2.24, 2.45) is 5.92 Å². The van der Waals surface area contributed by atoms with Crippen LogP contribution in [0.1, 0.15) is 38.4 Å². The molecule has 0 radical (unpaired) electrons. The van der Waals surface area contributed by atoms with Gasteiger partial charge in [-0.15, -0.1) is 0 Å². The molecule has 2 N–H and O–H groups in total. The predicted molar refractivity (Wildman–Crippen MR) is 113 cm³/mol. The number of imidazole rings is 1. The predicted octanol–water partition coefficient (Wildman–Crippen LogP) is 3.13. The number of aliphatic carboxylic acids is 1. The van der Waals surface area contributed by atoms with Gasteiger partial charge < -0.3 is 9.67 Å². The standard InChI is InChI=1S/C20H26IN3O3/c1-13(2)7-18(14(3)25)23-19(20(26)27)9-17-10-22-12-24(17)11-15-5-4-6-16(21)8-15/h4-6,8,10,12-13,18-19,23H,7,9,11H2,1-3H3,(H,26,27)/t18?,19-/m0/s1. The molecule has 0 spiro atoms. The zero-order valence-corrected chi connectivity index (χ0v) is 18.0. The molecule has 0 fully saturated rings. The fourth-order valence-corrected chi connectivity index (χ4v) is 3.59. The van der Waals surface area contributed by atoms with Gasteiger partial charge in [-0.25, -0.2) is 4.98 Å². The molecule has 0 aliphatic rings. The van der Waals surface area contributed by atoms with Crippen LogP contribution < -0.4 is 5.32 Å². The number of carboxylic acids is 1. The van der Waals surface area contributed by atoms with Crippen molar-refractivity contribution in [2.75, 3.05) is 0 Å². The van der Waals surface area contributed by atoms with Gasteiger partial charge in [0.15, 0.2) is 0 Å². The summed E-state index contributed by atoms with van der Waals surface area (Å²) in [5.74, 6) is -0.707. The average molecular weight is 483 g/mol. The van der Waals surface area contributed by atoms with E-state index in [-0.39, 0.29) is 12.2 Å². The zero-order valence-electron chi connectivity index (χ0n) is 15.9. The van der Waals surface area contributed by atoms with Crippen LogP contribution in [0.4, 0.5) is 0 Å². The lowest BCUT2D eigenvalue weighted by Gasteiger charge is -2.23. The van der Waals surface area contributed by atoms with E-state index in [9.17, 15) is 14.7 Å². The van der Waals surface area contributed by atoms with Crippen molar-refractivity contribution in [3.05, 3.63) is 51.6 Å². The Morgan fingerprint density at radius 3 is 2.63 bits per heavy atom. The van der Waals surface area contributed by atoms with Crippen LogP contribution in [0.15, 0.2) is 36.8 Å². The first-order valence-corrected chi connectivity index (χ1v) is 10.1. The first-order valence-electron chi connectivity index (χ1n) is 8.99. The first-order chi connectivity index (χ1) is 12.8. The third kappa shape index (κ3) is 6.73. The van der Waals surface area contributed by atoms with Gasteiger partial charge in [0, 0.05) is 28.4 Å². The van der Waals surface area contributed by atoms with Crippen LogP contribution >= 0.6 is 22.6 Å². The lowest BCUT2D eigenvalue weighted by Crippen LogP contribution is -2.48. The Morgan fingerprint density at radius 1 is 1.30 bits per heavy atom. The van der Waals surface area contributed by atoms with E-state index in [1.54, 1.807) is 12.5 Å². The second-order valence-electron chi connectivity index (χ2n) is 7.20. The molecule has 27 heavy (non-hydrogen) atoms. The van der Waals surface area contributed by atoms with E-state index in [2.05, 4.69) is 39.0 Å². The average Bonchev–Trinajstić information content (AvgIpc) is 2.99. The fraction of sp³-hybridized carbons (Fsp3) is 0.450. The zero-order chi connectivity index (χ0) is 20.0. The SMILES string of the molecule is CC(=O)C(CC(C)C)N[C@@H](Cc1cncn1Cc1cccc(I)c1)C(=O)O. The molecular weight excluding hydrogens is 457 g/mol. The maximum absolute atomic E-state index is 11.9. The first kappa shape index (κ1) is 21.6. The van der Waals surface area contributed by atoms with Crippen molar-refractivity contribution in [2.45, 2.75) is 52.2 Å². The van der Waals surface area contributed by atoms with Gasteiger partial charge >= 0.3 is 5.97 Å². The largest absolute Gasteiger partial charge is 0.480 e. The summed E-state index contributed by atoms with van der Waals surface area (Å²) in [7, 11) is 0. The number of halogens is 1. The Balaban J connectivity index is 2.14. The summed E-state index contributed by atoms with van der Waals surface area (Å²) < 4.78 is 3.10. The van der Waals surface area contributed by atoms with Gasteiger partial charge in [0.25, 0.3) is 0 Å². The summed E-state index contributed by atoms with van der Waals surface area (Å²) in [5, 5.41) is 12.7. The number of carbonyl (C=O) groups is 2. The molecule has 0 saturated carbocycles. The van der Waals surface area contributed by atoms with Gasteiger partial charge in [0.2, 0.25) is 0 Å². The highest BCUT2D eigenvalue weighted by Gasteiger charge is 2.26. The summed E-state index contributed by atoms with van der Waals surface area (Å²) >= 11 is 2.27. The van der Waals surface area contributed by atoms with Crippen molar-refractivity contribution in [1.29, 1.82) is 0 Å². The number of hydrogen-bond acceptors (Lipinski definition) is 4. The summed E-state index contributed by atoms with van der Waals surface area (Å²) in [6.45, 7) is 6.16. The van der Waals surface area contributed by atoms with Crippen LogP contribution in [0.25, 0.3) is 0 Å². The molecule has 2 aromatic rings. The summed E-state index contributed by atoms with van der Waals surface area (Å²) in [6, 6.07) is 6.85. The summed E-state index contributed by atoms with van der Waals surface area (Å²) in [5.41, 5.74) is 1.95. The van der Waals surface area contributed by atoms with Crippen molar-refractivity contribution in [3.8, 4) is 0 Å². The fourth-order valence-electron chi connectivity index (χ4n) is 2.98. The second kappa shape index (κ2) is 9.98. The van der Waals surface area contributed by atoms with E-state index < -0.39 is 18.1 Å². The highest BCUT2D eigenvalue weighted by molar-refractivity contribution is 14.1. The molecule has 1 aromatic heterocycles. The van der Waals surface area contributed by atoms with E-state index in [0.29, 0.717) is 18.9 Å². The van der Waals surface area contributed by atoms with Gasteiger partial charge in [-0.1, -0.05) is 26.0 Å². The molecule has 2 rings (SSSR count). The molecule has 6 nitrogen and oxygen atoms in total. The monoisotopic (exact) mass is 483 g/mol. The molecule has 7 heteroatoms. The normalized spacial score (nSPS) is 13.5. The van der Waals surface area contributed by atoms with Crippen LogP contribution in [-0.4, -0.2) is 38.5 Å². The number of ketones is 1. The van der Waals surface area contributed by atoms with Gasteiger partial charge in [-0.3, -0.25) is 14.9 Å². The summed E-state index contributed by atoms with van der Waals surface area (Å²) in [4.78, 5) is 27.9. The molecule has 2 atom stereocenters. The minimum Gasteiger partial charge on any atom is -0.480 e. The number of aromatic nitrogens is 2. The molecule has 146 valence electrons.